The molecule has 0 saturated carbocycles. The van der Waals surface area contributed by atoms with E-state index >= 15 is 8.78 Å². The van der Waals surface area contributed by atoms with Gasteiger partial charge in [0.1, 0.15) is 7.85 Å². The quantitative estimate of drug-likeness (QED) is 0.144. The molecule has 0 aromatic heterocycles. The van der Waals surface area contributed by atoms with Gasteiger partial charge >= 0.3 is 0 Å². The van der Waals surface area contributed by atoms with Crippen LogP contribution in [0.3, 0.4) is 0 Å². The van der Waals surface area contributed by atoms with Crippen molar-refractivity contribution in [2.24, 2.45) is 5.92 Å². The Balaban J connectivity index is 1.43. The predicted molar refractivity (Wildman–Crippen MR) is 140 cm³/mol. The summed E-state index contributed by atoms with van der Waals surface area (Å²) >= 11 is 0. The largest absolute Gasteiger partial charge is 0.500 e. The van der Waals surface area contributed by atoms with Crippen molar-refractivity contribution in [2.45, 2.75) is 51.7 Å². The van der Waals surface area contributed by atoms with Gasteiger partial charge in [0.2, 0.25) is 5.82 Å². The molecule has 3 aromatic rings. The van der Waals surface area contributed by atoms with Crippen LogP contribution in [0.15, 0.2) is 48.5 Å². The highest BCUT2D eigenvalue weighted by atomic mass is 19.2. The number of unbranched alkanes of at least 4 members (excludes halogenated alkanes) is 4. The van der Waals surface area contributed by atoms with Gasteiger partial charge in [0, 0.05) is 29.1 Å². The van der Waals surface area contributed by atoms with Gasteiger partial charge < -0.3 is 14.2 Å². The molecule has 0 amide bonds. The second-order valence-electron chi connectivity index (χ2n) is 9.53. The molecule has 0 aliphatic carbocycles. The SMILES string of the molecule is [B]COc1ccc(-c2ccc(-c3ccc(C4OCC(CCCCCCC)CO4)c(F)c3F)cc2)c(F)c1F. The summed E-state index contributed by atoms with van der Waals surface area (Å²) in [5, 5.41) is 0. The second-order valence-corrected chi connectivity index (χ2v) is 9.53. The van der Waals surface area contributed by atoms with Gasteiger partial charge in [-0.15, -0.1) is 0 Å². The Bertz CT molecular complexity index is 1210. The molecule has 0 unspecified atom stereocenters. The molecule has 3 aromatic carbocycles. The molecular weight excluding hydrogens is 495 g/mol. The first-order valence-corrected chi connectivity index (χ1v) is 13.1. The molecule has 4 rings (SSSR count). The smallest absolute Gasteiger partial charge is 0.201 e. The van der Waals surface area contributed by atoms with E-state index in [4.69, 9.17) is 22.1 Å². The molecule has 0 bridgehead atoms. The Kier molecular flexibility index (Phi) is 9.86. The van der Waals surface area contributed by atoms with Crippen LogP contribution in [0.1, 0.15) is 57.3 Å². The lowest BCUT2D eigenvalue weighted by molar-refractivity contribution is -0.207. The first kappa shape index (κ1) is 28.2. The van der Waals surface area contributed by atoms with Gasteiger partial charge in [-0.25, -0.2) is 13.2 Å². The number of ether oxygens (including phenoxy) is 3. The van der Waals surface area contributed by atoms with Gasteiger partial charge in [-0.05, 0) is 29.7 Å². The van der Waals surface area contributed by atoms with Gasteiger partial charge in [0.05, 0.1) is 13.2 Å². The van der Waals surface area contributed by atoms with E-state index in [0.29, 0.717) is 24.3 Å². The van der Waals surface area contributed by atoms with Crippen LogP contribution in [0.4, 0.5) is 17.6 Å². The number of hydrogen-bond donors (Lipinski definition) is 0. The lowest BCUT2D eigenvalue weighted by atomic mass is 9.98. The summed E-state index contributed by atoms with van der Waals surface area (Å²) in [6.45, 7) is 2.78. The number of hydrogen-bond acceptors (Lipinski definition) is 3. The lowest BCUT2D eigenvalue weighted by Gasteiger charge is -2.30. The zero-order valence-electron chi connectivity index (χ0n) is 21.5. The summed E-state index contributed by atoms with van der Waals surface area (Å²) in [4.78, 5) is 0. The molecule has 8 heteroatoms. The summed E-state index contributed by atoms with van der Waals surface area (Å²) < 4.78 is 75.2. The van der Waals surface area contributed by atoms with Gasteiger partial charge in [0.15, 0.2) is 29.5 Å². The highest BCUT2D eigenvalue weighted by Gasteiger charge is 2.28. The van der Waals surface area contributed by atoms with Crippen LogP contribution in [0.2, 0.25) is 0 Å². The minimum Gasteiger partial charge on any atom is -0.500 e. The van der Waals surface area contributed by atoms with E-state index in [1.165, 1.54) is 74.2 Å². The Morgan fingerprint density at radius 1 is 0.737 bits per heavy atom. The van der Waals surface area contributed by atoms with Crippen LogP contribution in [0.25, 0.3) is 22.3 Å². The van der Waals surface area contributed by atoms with Gasteiger partial charge in [-0.1, -0.05) is 75.4 Å². The first-order chi connectivity index (χ1) is 18.4. The Labute approximate surface area is 222 Å². The van der Waals surface area contributed by atoms with Crippen molar-refractivity contribution in [3.8, 4) is 28.0 Å². The van der Waals surface area contributed by atoms with E-state index in [0.717, 1.165) is 12.8 Å². The topological polar surface area (TPSA) is 27.7 Å². The lowest BCUT2D eigenvalue weighted by Crippen LogP contribution is -2.27. The third-order valence-corrected chi connectivity index (χ3v) is 6.84. The standard InChI is InChI=1S/C30H31BF4O3/c1-2-3-4-5-6-7-19-16-36-30(37-17-19)24-13-12-22(26(32)28(24)34)20-8-10-21(11-9-20)23-14-15-25(38-18-31)29(35)27(23)33/h8-15,19,30H,2-7,16-18H2,1H3. The number of halogens is 4. The summed E-state index contributed by atoms with van der Waals surface area (Å²) in [7, 11) is 5.23. The van der Waals surface area contributed by atoms with Crippen molar-refractivity contribution >= 4 is 7.85 Å². The zero-order valence-corrected chi connectivity index (χ0v) is 21.5. The normalized spacial score (nSPS) is 17.5. The third-order valence-electron chi connectivity index (χ3n) is 6.84. The first-order valence-electron chi connectivity index (χ1n) is 13.1. The Morgan fingerprint density at radius 2 is 1.32 bits per heavy atom. The summed E-state index contributed by atoms with van der Waals surface area (Å²) in [6, 6.07) is 11.6. The molecular formula is C30H31BF4O3. The monoisotopic (exact) mass is 526 g/mol. The van der Waals surface area contributed by atoms with E-state index in [9.17, 15) is 8.78 Å². The summed E-state index contributed by atoms with van der Waals surface area (Å²) in [6.07, 6.45) is 5.98. The van der Waals surface area contributed by atoms with Crippen LogP contribution >= 0.6 is 0 Å². The highest BCUT2D eigenvalue weighted by molar-refractivity contribution is 6.08. The van der Waals surface area contributed by atoms with Crippen LogP contribution in [0.5, 0.6) is 5.75 Å². The Hall–Kier alpha value is -2.84. The van der Waals surface area contributed by atoms with E-state index in [-0.39, 0.29) is 34.9 Å². The maximum atomic E-state index is 15.1. The van der Waals surface area contributed by atoms with E-state index in [2.05, 4.69) is 6.92 Å². The highest BCUT2D eigenvalue weighted by Crippen LogP contribution is 2.35. The molecule has 1 heterocycles. The second kappa shape index (κ2) is 13.3. The molecule has 3 nitrogen and oxygen atoms in total. The predicted octanol–water partition coefficient (Wildman–Crippen LogP) is 8.10. The molecule has 200 valence electrons. The van der Waals surface area contributed by atoms with Crippen LogP contribution in [-0.2, 0) is 9.47 Å². The van der Waals surface area contributed by atoms with Crippen molar-refractivity contribution < 1.29 is 31.8 Å². The van der Waals surface area contributed by atoms with Crippen molar-refractivity contribution in [1.29, 1.82) is 0 Å². The molecule has 0 atom stereocenters. The maximum absolute atomic E-state index is 15.1. The van der Waals surface area contributed by atoms with Crippen LogP contribution in [-0.4, -0.2) is 27.6 Å². The Morgan fingerprint density at radius 3 is 1.92 bits per heavy atom. The molecule has 0 N–H and O–H groups in total. The van der Waals surface area contributed by atoms with E-state index in [1.807, 2.05) is 0 Å². The van der Waals surface area contributed by atoms with E-state index < -0.39 is 29.6 Å². The fourth-order valence-corrected chi connectivity index (χ4v) is 4.68. The van der Waals surface area contributed by atoms with Gasteiger partial charge in [-0.2, -0.15) is 4.39 Å². The summed E-state index contributed by atoms with van der Waals surface area (Å²) in [5.74, 6) is -4.32. The van der Waals surface area contributed by atoms with Gasteiger partial charge in [-0.3, -0.25) is 0 Å². The fraction of sp³-hybridized carbons (Fsp3) is 0.400. The molecule has 2 radical (unpaired) electrons. The minimum absolute atomic E-state index is 0.00582. The van der Waals surface area contributed by atoms with Crippen molar-refractivity contribution in [1.82, 2.24) is 0 Å². The third kappa shape index (κ3) is 6.41. The number of rotatable bonds is 11. The van der Waals surface area contributed by atoms with Crippen LogP contribution < -0.4 is 4.74 Å². The van der Waals surface area contributed by atoms with E-state index in [1.54, 1.807) is 0 Å². The molecule has 1 fully saturated rings. The molecule has 1 saturated heterocycles. The molecule has 38 heavy (non-hydrogen) atoms. The maximum Gasteiger partial charge on any atom is 0.201 e. The van der Waals surface area contributed by atoms with Crippen molar-refractivity contribution in [3.63, 3.8) is 0 Å². The fourth-order valence-electron chi connectivity index (χ4n) is 4.68. The van der Waals surface area contributed by atoms with Crippen LogP contribution in [0, 0.1) is 29.2 Å². The van der Waals surface area contributed by atoms with Crippen molar-refractivity contribution in [3.05, 3.63) is 77.4 Å². The zero-order chi connectivity index (χ0) is 27.1. The molecule has 0 spiro atoms. The average Bonchev–Trinajstić information content (AvgIpc) is 2.93. The molecule has 1 aliphatic heterocycles. The van der Waals surface area contributed by atoms with Gasteiger partial charge in [0.25, 0.3) is 0 Å². The average molecular weight is 526 g/mol. The number of benzene rings is 3. The summed E-state index contributed by atoms with van der Waals surface area (Å²) in [5.41, 5.74) is 0.810. The molecule has 1 aliphatic rings. The minimum atomic E-state index is -1.15. The van der Waals surface area contributed by atoms with Crippen molar-refractivity contribution in [2.75, 3.05) is 19.7 Å².